The lowest BCUT2D eigenvalue weighted by molar-refractivity contribution is -0.132. The van der Waals surface area contributed by atoms with Crippen LogP contribution in [0.2, 0.25) is 0 Å². The monoisotopic (exact) mass is 249 g/mol. The van der Waals surface area contributed by atoms with Gasteiger partial charge in [-0.3, -0.25) is 4.79 Å². The second-order valence-corrected chi connectivity index (χ2v) is 5.39. The van der Waals surface area contributed by atoms with E-state index in [2.05, 4.69) is 13.8 Å². The van der Waals surface area contributed by atoms with E-state index in [9.17, 15) is 9.18 Å². The maximum atomic E-state index is 12.9. The van der Waals surface area contributed by atoms with Crippen molar-refractivity contribution in [3.8, 4) is 0 Å². The van der Waals surface area contributed by atoms with Crippen LogP contribution in [0.25, 0.3) is 0 Å². The molecule has 98 valence electrons. The normalized spacial score (nSPS) is 19.6. The molecule has 1 saturated heterocycles. The van der Waals surface area contributed by atoms with Crippen LogP contribution in [0.5, 0.6) is 0 Å². The molecule has 1 atom stereocenters. The molecule has 1 aromatic carbocycles. The van der Waals surface area contributed by atoms with Crippen molar-refractivity contribution < 1.29 is 9.18 Å². The Bertz CT molecular complexity index is 413. The number of nitrogens with zero attached hydrogens (tertiary/aromatic N) is 1. The Kier molecular flexibility index (Phi) is 4.00. The minimum Gasteiger partial charge on any atom is -0.336 e. The minimum absolute atomic E-state index is 0.136. The maximum Gasteiger partial charge on any atom is 0.223 e. The van der Waals surface area contributed by atoms with Crippen LogP contribution >= 0.6 is 0 Å². The van der Waals surface area contributed by atoms with Crippen molar-refractivity contribution in [3.63, 3.8) is 0 Å². The Morgan fingerprint density at radius 1 is 1.39 bits per heavy atom. The molecule has 2 nitrogen and oxygen atoms in total. The van der Waals surface area contributed by atoms with Gasteiger partial charge in [0.1, 0.15) is 5.82 Å². The van der Waals surface area contributed by atoms with Crippen LogP contribution in [0.1, 0.15) is 44.7 Å². The molecule has 0 N–H and O–H groups in total. The zero-order chi connectivity index (χ0) is 13.1. The van der Waals surface area contributed by atoms with Gasteiger partial charge in [0.2, 0.25) is 5.91 Å². The summed E-state index contributed by atoms with van der Waals surface area (Å²) in [5.74, 6) is 0.376. The van der Waals surface area contributed by atoms with Crippen molar-refractivity contribution in [2.24, 2.45) is 5.92 Å². The van der Waals surface area contributed by atoms with Crippen molar-refractivity contribution in [2.45, 2.75) is 39.2 Å². The third-order valence-electron chi connectivity index (χ3n) is 3.41. The van der Waals surface area contributed by atoms with Crippen LogP contribution in [0.15, 0.2) is 24.3 Å². The van der Waals surface area contributed by atoms with Gasteiger partial charge in [0.25, 0.3) is 0 Å². The zero-order valence-corrected chi connectivity index (χ0v) is 11.0. The molecule has 1 aliphatic rings. The quantitative estimate of drug-likeness (QED) is 0.802. The SMILES string of the molecule is CC(C)CC(=O)N1CCC[C@@H]1c1ccc(F)cc1. The lowest BCUT2D eigenvalue weighted by Crippen LogP contribution is -2.31. The first-order valence-electron chi connectivity index (χ1n) is 6.63. The fourth-order valence-corrected chi connectivity index (χ4v) is 2.56. The predicted molar refractivity (Wildman–Crippen MR) is 69.5 cm³/mol. The molecule has 1 aromatic rings. The molecule has 1 aliphatic heterocycles. The summed E-state index contributed by atoms with van der Waals surface area (Å²) in [4.78, 5) is 14.1. The number of amides is 1. The van der Waals surface area contributed by atoms with E-state index in [-0.39, 0.29) is 17.8 Å². The number of benzene rings is 1. The van der Waals surface area contributed by atoms with E-state index in [1.54, 1.807) is 12.1 Å². The predicted octanol–water partition coefficient (Wildman–Crippen LogP) is 3.54. The summed E-state index contributed by atoms with van der Waals surface area (Å²) in [6, 6.07) is 6.66. The van der Waals surface area contributed by atoms with Gasteiger partial charge in [-0.1, -0.05) is 26.0 Å². The molecule has 2 rings (SSSR count). The van der Waals surface area contributed by atoms with Gasteiger partial charge in [-0.25, -0.2) is 4.39 Å². The van der Waals surface area contributed by atoms with Gasteiger partial charge in [-0.2, -0.15) is 0 Å². The fraction of sp³-hybridized carbons (Fsp3) is 0.533. The van der Waals surface area contributed by atoms with Gasteiger partial charge in [0.15, 0.2) is 0 Å². The van der Waals surface area contributed by atoms with Gasteiger partial charge in [-0.05, 0) is 36.5 Å². The molecule has 0 bridgehead atoms. The molecule has 0 unspecified atom stereocenters. The lowest BCUT2D eigenvalue weighted by atomic mass is 10.0. The number of hydrogen-bond acceptors (Lipinski definition) is 1. The zero-order valence-electron chi connectivity index (χ0n) is 11.0. The highest BCUT2D eigenvalue weighted by Gasteiger charge is 2.29. The van der Waals surface area contributed by atoms with E-state index in [4.69, 9.17) is 0 Å². The van der Waals surface area contributed by atoms with Crippen molar-refractivity contribution in [1.82, 2.24) is 4.90 Å². The third-order valence-corrected chi connectivity index (χ3v) is 3.41. The third kappa shape index (κ3) is 2.89. The van der Waals surface area contributed by atoms with Crippen molar-refractivity contribution >= 4 is 5.91 Å². The molecule has 18 heavy (non-hydrogen) atoms. The number of likely N-dealkylation sites (tertiary alicyclic amines) is 1. The van der Waals surface area contributed by atoms with E-state index in [0.29, 0.717) is 12.3 Å². The fourth-order valence-electron chi connectivity index (χ4n) is 2.56. The number of hydrogen-bond donors (Lipinski definition) is 0. The van der Waals surface area contributed by atoms with Crippen LogP contribution in [-0.4, -0.2) is 17.4 Å². The molecule has 0 saturated carbocycles. The smallest absolute Gasteiger partial charge is 0.223 e. The largest absolute Gasteiger partial charge is 0.336 e. The van der Waals surface area contributed by atoms with Gasteiger partial charge in [0.05, 0.1) is 6.04 Å². The van der Waals surface area contributed by atoms with E-state index in [1.807, 2.05) is 4.90 Å². The minimum atomic E-state index is -0.225. The molecule has 0 aromatic heterocycles. The average Bonchev–Trinajstić information content (AvgIpc) is 2.78. The first kappa shape index (κ1) is 13.1. The molecule has 0 radical (unpaired) electrons. The van der Waals surface area contributed by atoms with E-state index in [1.165, 1.54) is 12.1 Å². The Hall–Kier alpha value is -1.38. The number of rotatable bonds is 3. The lowest BCUT2D eigenvalue weighted by Gasteiger charge is -2.26. The van der Waals surface area contributed by atoms with Crippen LogP contribution in [0.3, 0.4) is 0 Å². The number of carbonyl (C=O) groups excluding carboxylic acids is 1. The Morgan fingerprint density at radius 2 is 2.06 bits per heavy atom. The summed E-state index contributed by atoms with van der Waals surface area (Å²) in [6.07, 6.45) is 2.61. The summed E-state index contributed by atoms with van der Waals surface area (Å²) in [7, 11) is 0. The molecular weight excluding hydrogens is 229 g/mol. The second kappa shape index (κ2) is 5.51. The summed E-state index contributed by atoms with van der Waals surface area (Å²) in [5, 5.41) is 0. The average molecular weight is 249 g/mol. The first-order valence-corrected chi connectivity index (χ1v) is 6.63. The van der Waals surface area contributed by atoms with Crippen molar-refractivity contribution in [1.29, 1.82) is 0 Å². The van der Waals surface area contributed by atoms with Crippen LogP contribution < -0.4 is 0 Å². The van der Waals surface area contributed by atoms with Gasteiger partial charge < -0.3 is 4.90 Å². The van der Waals surface area contributed by atoms with Crippen molar-refractivity contribution in [2.75, 3.05) is 6.54 Å². The molecule has 1 heterocycles. The summed E-state index contributed by atoms with van der Waals surface area (Å²) >= 11 is 0. The summed E-state index contributed by atoms with van der Waals surface area (Å²) < 4.78 is 12.9. The van der Waals surface area contributed by atoms with E-state index in [0.717, 1.165) is 24.9 Å². The number of halogens is 1. The highest BCUT2D eigenvalue weighted by molar-refractivity contribution is 5.77. The molecule has 0 spiro atoms. The van der Waals surface area contributed by atoms with Crippen LogP contribution in [0.4, 0.5) is 4.39 Å². The number of carbonyl (C=O) groups is 1. The molecule has 3 heteroatoms. The molecule has 1 amide bonds. The van der Waals surface area contributed by atoms with Gasteiger partial charge in [-0.15, -0.1) is 0 Å². The Morgan fingerprint density at radius 3 is 2.67 bits per heavy atom. The van der Waals surface area contributed by atoms with Crippen molar-refractivity contribution in [3.05, 3.63) is 35.6 Å². The standard InChI is InChI=1S/C15H20FNO/c1-11(2)10-15(18)17-9-3-4-14(17)12-5-7-13(16)8-6-12/h5-8,11,14H,3-4,9-10H2,1-2H3/t14-/m1/s1. The topological polar surface area (TPSA) is 20.3 Å². The van der Waals surface area contributed by atoms with Gasteiger partial charge >= 0.3 is 0 Å². The second-order valence-electron chi connectivity index (χ2n) is 5.39. The van der Waals surface area contributed by atoms with E-state index < -0.39 is 0 Å². The van der Waals surface area contributed by atoms with E-state index >= 15 is 0 Å². The van der Waals surface area contributed by atoms with Gasteiger partial charge in [0, 0.05) is 13.0 Å². The summed E-state index contributed by atoms with van der Waals surface area (Å²) in [6.45, 7) is 4.94. The molecule has 1 fully saturated rings. The Labute approximate surface area is 108 Å². The molecular formula is C15H20FNO. The Balaban J connectivity index is 2.12. The summed E-state index contributed by atoms with van der Waals surface area (Å²) in [5.41, 5.74) is 1.05. The molecule has 0 aliphatic carbocycles. The highest BCUT2D eigenvalue weighted by Crippen LogP contribution is 2.32. The first-order chi connectivity index (χ1) is 8.58. The highest BCUT2D eigenvalue weighted by atomic mass is 19.1. The van der Waals surface area contributed by atoms with Crippen LogP contribution in [0, 0.1) is 11.7 Å². The maximum absolute atomic E-state index is 12.9. The van der Waals surface area contributed by atoms with Crippen LogP contribution in [-0.2, 0) is 4.79 Å².